The molecule has 0 unspecified atom stereocenters. The molecular formula is C27H52O2. The Morgan fingerprint density at radius 1 is 0.517 bits per heavy atom. The first-order valence-electron chi connectivity index (χ1n) is 13.1. The van der Waals surface area contributed by atoms with Gasteiger partial charge in [0.05, 0.1) is 0 Å². The molecule has 0 radical (unpaired) electrons. The van der Waals surface area contributed by atoms with E-state index in [1.54, 1.807) is 0 Å². The van der Waals surface area contributed by atoms with Crippen molar-refractivity contribution >= 4 is 5.97 Å². The average Bonchev–Trinajstić information content (AvgIpc) is 2.71. The van der Waals surface area contributed by atoms with Gasteiger partial charge in [0.1, 0.15) is 0 Å². The lowest BCUT2D eigenvalue weighted by Gasteiger charge is -2.03. The molecule has 2 nitrogen and oxygen atoms in total. The van der Waals surface area contributed by atoms with E-state index in [-0.39, 0.29) is 0 Å². The molecule has 0 amide bonds. The third kappa shape index (κ3) is 27.2. The van der Waals surface area contributed by atoms with Crippen molar-refractivity contribution in [3.8, 4) is 0 Å². The van der Waals surface area contributed by atoms with Crippen molar-refractivity contribution < 1.29 is 9.90 Å². The zero-order valence-electron chi connectivity index (χ0n) is 19.8. The molecule has 0 rings (SSSR count). The van der Waals surface area contributed by atoms with Crippen LogP contribution in [-0.4, -0.2) is 11.1 Å². The van der Waals surface area contributed by atoms with Crippen LogP contribution >= 0.6 is 0 Å². The van der Waals surface area contributed by atoms with Crippen LogP contribution in [0.1, 0.15) is 155 Å². The number of carboxylic acids is 1. The summed E-state index contributed by atoms with van der Waals surface area (Å²) in [6.07, 6.45) is 34.5. The molecule has 0 saturated carbocycles. The summed E-state index contributed by atoms with van der Waals surface area (Å²) >= 11 is 0. The number of hydrogen-bond acceptors (Lipinski definition) is 1. The van der Waals surface area contributed by atoms with Crippen LogP contribution in [0.15, 0.2) is 12.2 Å². The van der Waals surface area contributed by atoms with E-state index in [4.69, 9.17) is 5.11 Å². The van der Waals surface area contributed by atoms with Crippen LogP contribution in [0.2, 0.25) is 0 Å². The molecule has 0 aliphatic carbocycles. The third-order valence-corrected chi connectivity index (χ3v) is 5.90. The summed E-state index contributed by atoms with van der Waals surface area (Å²) in [5.41, 5.74) is 0. The molecule has 0 spiro atoms. The number of carbonyl (C=O) groups is 1. The number of carboxylic acid groups (broad SMARTS) is 1. The number of unbranched alkanes of at least 4 members (excludes halogenated alkanes) is 20. The van der Waals surface area contributed by atoms with Gasteiger partial charge in [0.15, 0.2) is 0 Å². The smallest absolute Gasteiger partial charge is 0.303 e. The van der Waals surface area contributed by atoms with Gasteiger partial charge in [-0.15, -0.1) is 0 Å². The largest absolute Gasteiger partial charge is 0.481 e. The molecular weight excluding hydrogens is 356 g/mol. The predicted octanol–water partition coefficient (Wildman–Crippen LogP) is 9.62. The van der Waals surface area contributed by atoms with Gasteiger partial charge in [0, 0.05) is 6.42 Å². The fraction of sp³-hybridized carbons (Fsp3) is 0.889. The second kappa shape index (κ2) is 25.2. The molecule has 0 aliphatic rings. The van der Waals surface area contributed by atoms with E-state index >= 15 is 0 Å². The normalized spacial score (nSPS) is 11.5. The molecule has 2 heteroatoms. The lowest BCUT2D eigenvalue weighted by molar-refractivity contribution is -0.137. The first kappa shape index (κ1) is 28.2. The highest BCUT2D eigenvalue weighted by molar-refractivity contribution is 5.66. The minimum absolute atomic E-state index is 0.344. The lowest BCUT2D eigenvalue weighted by atomic mass is 10.0. The molecule has 0 aliphatic heterocycles. The SMILES string of the molecule is CCCCCC=CCCCCCCCCCCCCCCCCCCCC(=O)O. The highest BCUT2D eigenvalue weighted by atomic mass is 16.4. The summed E-state index contributed by atoms with van der Waals surface area (Å²) < 4.78 is 0. The molecule has 172 valence electrons. The Labute approximate surface area is 182 Å². The summed E-state index contributed by atoms with van der Waals surface area (Å²) in [5.74, 6) is -0.651. The average molecular weight is 409 g/mol. The molecule has 0 saturated heterocycles. The fourth-order valence-corrected chi connectivity index (χ4v) is 3.94. The molecule has 0 heterocycles. The van der Waals surface area contributed by atoms with Crippen LogP contribution in [0.25, 0.3) is 0 Å². The fourth-order valence-electron chi connectivity index (χ4n) is 3.94. The molecule has 0 aromatic heterocycles. The van der Waals surface area contributed by atoms with E-state index in [0.29, 0.717) is 6.42 Å². The lowest BCUT2D eigenvalue weighted by Crippen LogP contribution is -1.93. The topological polar surface area (TPSA) is 37.3 Å². The summed E-state index contributed by atoms with van der Waals surface area (Å²) in [6, 6.07) is 0. The van der Waals surface area contributed by atoms with E-state index in [0.717, 1.165) is 12.8 Å². The maximum Gasteiger partial charge on any atom is 0.303 e. The minimum Gasteiger partial charge on any atom is -0.481 e. The van der Waals surface area contributed by atoms with Gasteiger partial charge in [0.2, 0.25) is 0 Å². The van der Waals surface area contributed by atoms with Crippen molar-refractivity contribution in [1.82, 2.24) is 0 Å². The highest BCUT2D eigenvalue weighted by Gasteiger charge is 1.97. The van der Waals surface area contributed by atoms with E-state index in [1.807, 2.05) is 0 Å². The zero-order valence-corrected chi connectivity index (χ0v) is 19.8. The summed E-state index contributed by atoms with van der Waals surface area (Å²) in [5, 5.41) is 8.59. The van der Waals surface area contributed by atoms with Crippen LogP contribution < -0.4 is 0 Å². The molecule has 29 heavy (non-hydrogen) atoms. The number of hydrogen-bond donors (Lipinski definition) is 1. The van der Waals surface area contributed by atoms with E-state index in [1.165, 1.54) is 128 Å². The standard InChI is InChI=1S/C27H52O2/c1-2-3-4-5-6-7-8-9-10-11-12-13-14-15-16-17-18-19-20-21-22-23-24-25-26-27(28)29/h6-7H,2-5,8-26H2,1H3,(H,28,29). The predicted molar refractivity (Wildman–Crippen MR) is 129 cm³/mol. The van der Waals surface area contributed by atoms with Crippen LogP contribution in [0, 0.1) is 0 Å². The van der Waals surface area contributed by atoms with Crippen LogP contribution in [0.5, 0.6) is 0 Å². The number of aliphatic carboxylic acids is 1. The summed E-state index contributed by atoms with van der Waals surface area (Å²) in [4.78, 5) is 10.4. The van der Waals surface area contributed by atoms with Gasteiger partial charge in [-0.25, -0.2) is 0 Å². The first-order valence-corrected chi connectivity index (χ1v) is 13.1. The number of rotatable bonds is 24. The van der Waals surface area contributed by atoms with Gasteiger partial charge < -0.3 is 5.11 Å². The first-order chi connectivity index (χ1) is 14.3. The second-order valence-electron chi connectivity index (χ2n) is 8.91. The van der Waals surface area contributed by atoms with Crippen molar-refractivity contribution in [2.45, 2.75) is 155 Å². The molecule has 0 aromatic carbocycles. The molecule has 0 fully saturated rings. The van der Waals surface area contributed by atoms with E-state index in [2.05, 4.69) is 19.1 Å². The Balaban J connectivity index is 3.04. The molecule has 0 aromatic rings. The maximum atomic E-state index is 10.4. The van der Waals surface area contributed by atoms with E-state index < -0.39 is 5.97 Å². The quantitative estimate of drug-likeness (QED) is 0.127. The van der Waals surface area contributed by atoms with Crippen molar-refractivity contribution in [2.75, 3.05) is 0 Å². The Kier molecular flexibility index (Phi) is 24.6. The molecule has 0 atom stereocenters. The Hall–Kier alpha value is -0.790. The van der Waals surface area contributed by atoms with Crippen LogP contribution in [0.4, 0.5) is 0 Å². The molecule has 1 N–H and O–H groups in total. The van der Waals surface area contributed by atoms with E-state index in [9.17, 15) is 4.79 Å². The van der Waals surface area contributed by atoms with Gasteiger partial charge in [-0.2, -0.15) is 0 Å². The highest BCUT2D eigenvalue weighted by Crippen LogP contribution is 2.14. The zero-order chi connectivity index (χ0) is 21.3. The van der Waals surface area contributed by atoms with Crippen LogP contribution in [-0.2, 0) is 4.79 Å². The molecule has 0 bridgehead atoms. The maximum absolute atomic E-state index is 10.4. The van der Waals surface area contributed by atoms with Gasteiger partial charge in [-0.3, -0.25) is 4.79 Å². The number of allylic oxidation sites excluding steroid dienone is 2. The van der Waals surface area contributed by atoms with Gasteiger partial charge >= 0.3 is 5.97 Å². The van der Waals surface area contributed by atoms with Crippen LogP contribution in [0.3, 0.4) is 0 Å². The monoisotopic (exact) mass is 408 g/mol. The van der Waals surface area contributed by atoms with Gasteiger partial charge in [-0.1, -0.05) is 128 Å². The van der Waals surface area contributed by atoms with Crippen molar-refractivity contribution in [3.63, 3.8) is 0 Å². The summed E-state index contributed by atoms with van der Waals surface area (Å²) in [7, 11) is 0. The Morgan fingerprint density at radius 3 is 1.17 bits per heavy atom. The minimum atomic E-state index is -0.651. The second-order valence-corrected chi connectivity index (χ2v) is 8.91. The van der Waals surface area contributed by atoms with Crippen molar-refractivity contribution in [3.05, 3.63) is 12.2 Å². The van der Waals surface area contributed by atoms with Crippen molar-refractivity contribution in [2.24, 2.45) is 0 Å². The summed E-state index contributed by atoms with van der Waals surface area (Å²) in [6.45, 7) is 2.27. The Morgan fingerprint density at radius 2 is 0.828 bits per heavy atom. The van der Waals surface area contributed by atoms with Crippen molar-refractivity contribution in [1.29, 1.82) is 0 Å². The van der Waals surface area contributed by atoms with Gasteiger partial charge in [0.25, 0.3) is 0 Å². The Bertz CT molecular complexity index is 348. The third-order valence-electron chi connectivity index (χ3n) is 5.90. The van der Waals surface area contributed by atoms with Gasteiger partial charge in [-0.05, 0) is 32.1 Å².